The van der Waals surface area contributed by atoms with E-state index >= 15 is 0 Å². The molecule has 1 aromatic heterocycles. The van der Waals surface area contributed by atoms with Gasteiger partial charge in [0.05, 0.1) is 12.7 Å². The standard InChI is InChI=1S/C8H8INO2/c1-5-4-10-7(9)3-6(5)8(11)12-2/h3-4H,1-2H3. The average molecular weight is 277 g/mol. The second-order valence-electron chi connectivity index (χ2n) is 2.31. The molecule has 0 spiro atoms. The third kappa shape index (κ3) is 1.94. The van der Waals surface area contributed by atoms with Crippen molar-refractivity contribution in [3.05, 3.63) is 27.1 Å². The van der Waals surface area contributed by atoms with E-state index in [0.29, 0.717) is 5.56 Å². The van der Waals surface area contributed by atoms with Crippen LogP contribution in [0.15, 0.2) is 12.3 Å². The Labute approximate surface area is 84.3 Å². The number of halogens is 1. The topological polar surface area (TPSA) is 39.2 Å². The molecule has 0 aliphatic carbocycles. The molecule has 0 fully saturated rings. The first-order valence-corrected chi connectivity index (χ1v) is 4.43. The number of pyridine rings is 1. The second kappa shape index (κ2) is 3.84. The molecule has 1 heterocycles. The van der Waals surface area contributed by atoms with Gasteiger partial charge in [-0.2, -0.15) is 0 Å². The van der Waals surface area contributed by atoms with E-state index in [1.807, 2.05) is 6.92 Å². The van der Waals surface area contributed by atoms with Crippen LogP contribution < -0.4 is 0 Å². The molecule has 0 aromatic carbocycles. The lowest BCUT2D eigenvalue weighted by Gasteiger charge is -2.02. The maximum atomic E-state index is 11.1. The average Bonchev–Trinajstić information content (AvgIpc) is 2.08. The Balaban J connectivity index is 3.13. The Morgan fingerprint density at radius 1 is 1.67 bits per heavy atom. The first-order chi connectivity index (χ1) is 5.65. The predicted molar refractivity (Wildman–Crippen MR) is 53.0 cm³/mol. The van der Waals surface area contributed by atoms with Crippen LogP contribution in [0.2, 0.25) is 0 Å². The maximum absolute atomic E-state index is 11.1. The van der Waals surface area contributed by atoms with E-state index in [4.69, 9.17) is 0 Å². The second-order valence-corrected chi connectivity index (χ2v) is 3.42. The molecule has 0 saturated heterocycles. The van der Waals surface area contributed by atoms with Crippen molar-refractivity contribution in [2.75, 3.05) is 7.11 Å². The highest BCUT2D eigenvalue weighted by atomic mass is 127. The zero-order valence-corrected chi connectivity index (χ0v) is 8.95. The van der Waals surface area contributed by atoms with Crippen molar-refractivity contribution in [1.29, 1.82) is 0 Å². The molecule has 0 N–H and O–H groups in total. The van der Waals surface area contributed by atoms with Gasteiger partial charge in [-0.3, -0.25) is 4.98 Å². The number of rotatable bonds is 1. The van der Waals surface area contributed by atoms with Crippen molar-refractivity contribution < 1.29 is 9.53 Å². The third-order valence-corrected chi connectivity index (χ3v) is 2.07. The van der Waals surface area contributed by atoms with Gasteiger partial charge in [0.25, 0.3) is 0 Å². The fraction of sp³-hybridized carbons (Fsp3) is 0.250. The maximum Gasteiger partial charge on any atom is 0.338 e. The summed E-state index contributed by atoms with van der Waals surface area (Å²) in [7, 11) is 1.37. The molecule has 4 heteroatoms. The highest BCUT2D eigenvalue weighted by Gasteiger charge is 2.09. The molecule has 0 aliphatic rings. The molecule has 1 aromatic rings. The van der Waals surface area contributed by atoms with Crippen molar-refractivity contribution in [3.63, 3.8) is 0 Å². The number of carbonyl (C=O) groups excluding carboxylic acids is 1. The van der Waals surface area contributed by atoms with Gasteiger partial charge in [0.15, 0.2) is 0 Å². The number of nitrogens with zero attached hydrogens (tertiary/aromatic N) is 1. The molecule has 0 aliphatic heterocycles. The highest BCUT2D eigenvalue weighted by molar-refractivity contribution is 14.1. The zero-order valence-electron chi connectivity index (χ0n) is 6.80. The fourth-order valence-electron chi connectivity index (χ4n) is 0.828. The van der Waals surface area contributed by atoms with Crippen LogP contribution in [0.5, 0.6) is 0 Å². The van der Waals surface area contributed by atoms with Gasteiger partial charge in [0.2, 0.25) is 0 Å². The molecule has 0 unspecified atom stereocenters. The van der Waals surface area contributed by atoms with Crippen LogP contribution in [-0.2, 0) is 4.74 Å². The van der Waals surface area contributed by atoms with E-state index in [1.54, 1.807) is 12.3 Å². The first kappa shape index (κ1) is 9.44. The minimum atomic E-state index is -0.312. The number of carbonyl (C=O) groups is 1. The van der Waals surface area contributed by atoms with Gasteiger partial charge < -0.3 is 4.74 Å². The van der Waals surface area contributed by atoms with Crippen LogP contribution in [0.4, 0.5) is 0 Å². The van der Waals surface area contributed by atoms with Gasteiger partial charge in [-0.15, -0.1) is 0 Å². The molecule has 12 heavy (non-hydrogen) atoms. The smallest absolute Gasteiger partial charge is 0.338 e. The van der Waals surface area contributed by atoms with Crippen molar-refractivity contribution in [1.82, 2.24) is 4.98 Å². The van der Waals surface area contributed by atoms with Crippen LogP contribution in [0.1, 0.15) is 15.9 Å². The minimum Gasteiger partial charge on any atom is -0.465 e. The van der Waals surface area contributed by atoms with Gasteiger partial charge in [0, 0.05) is 6.20 Å². The summed E-state index contributed by atoms with van der Waals surface area (Å²) in [6.45, 7) is 1.83. The van der Waals surface area contributed by atoms with Crippen molar-refractivity contribution >= 4 is 28.6 Å². The highest BCUT2D eigenvalue weighted by Crippen LogP contribution is 2.10. The van der Waals surface area contributed by atoms with Gasteiger partial charge in [-0.1, -0.05) is 0 Å². The summed E-state index contributed by atoms with van der Waals surface area (Å²) >= 11 is 2.05. The van der Waals surface area contributed by atoms with E-state index in [2.05, 4.69) is 32.3 Å². The van der Waals surface area contributed by atoms with Crippen LogP contribution in [0.3, 0.4) is 0 Å². The summed E-state index contributed by atoms with van der Waals surface area (Å²) in [5.74, 6) is -0.312. The number of hydrogen-bond donors (Lipinski definition) is 0. The van der Waals surface area contributed by atoms with E-state index in [-0.39, 0.29) is 5.97 Å². The largest absolute Gasteiger partial charge is 0.465 e. The Bertz CT molecular complexity index is 312. The summed E-state index contributed by atoms with van der Waals surface area (Å²) in [4.78, 5) is 15.2. The Morgan fingerprint density at radius 3 is 2.92 bits per heavy atom. The lowest BCUT2D eigenvalue weighted by molar-refractivity contribution is 0.0599. The van der Waals surface area contributed by atoms with E-state index in [9.17, 15) is 4.79 Å². The molecular weight excluding hydrogens is 269 g/mol. The Morgan fingerprint density at radius 2 is 2.33 bits per heavy atom. The SMILES string of the molecule is COC(=O)c1cc(I)ncc1C. The van der Waals surface area contributed by atoms with Gasteiger partial charge in [-0.05, 0) is 41.1 Å². The molecule has 0 bridgehead atoms. The van der Waals surface area contributed by atoms with Gasteiger partial charge in [0.1, 0.15) is 3.70 Å². The Kier molecular flexibility index (Phi) is 3.02. The molecule has 3 nitrogen and oxygen atoms in total. The number of ether oxygens (including phenoxy) is 1. The lowest BCUT2D eigenvalue weighted by atomic mass is 10.2. The van der Waals surface area contributed by atoms with E-state index in [0.717, 1.165) is 9.26 Å². The number of aromatic nitrogens is 1. The molecule has 0 radical (unpaired) electrons. The summed E-state index contributed by atoms with van der Waals surface area (Å²) in [6, 6.07) is 1.71. The quantitative estimate of drug-likeness (QED) is 0.446. The summed E-state index contributed by atoms with van der Waals surface area (Å²) in [5.41, 5.74) is 1.42. The van der Waals surface area contributed by atoms with E-state index in [1.165, 1.54) is 7.11 Å². The zero-order chi connectivity index (χ0) is 9.14. The molecule has 0 saturated carbocycles. The molecule has 64 valence electrons. The fourth-order valence-corrected chi connectivity index (χ4v) is 1.28. The van der Waals surface area contributed by atoms with Crippen molar-refractivity contribution in [2.45, 2.75) is 6.92 Å². The van der Waals surface area contributed by atoms with Gasteiger partial charge in [-0.25, -0.2) is 4.79 Å². The van der Waals surface area contributed by atoms with E-state index < -0.39 is 0 Å². The lowest BCUT2D eigenvalue weighted by Crippen LogP contribution is -2.04. The Hall–Kier alpha value is -0.650. The van der Waals surface area contributed by atoms with Crippen LogP contribution in [-0.4, -0.2) is 18.1 Å². The number of esters is 1. The molecular formula is C8H8INO2. The van der Waals surface area contributed by atoms with Gasteiger partial charge >= 0.3 is 5.97 Å². The number of hydrogen-bond acceptors (Lipinski definition) is 3. The summed E-state index contributed by atoms with van der Waals surface area (Å²) in [6.07, 6.45) is 1.66. The van der Waals surface area contributed by atoms with Crippen molar-refractivity contribution in [3.8, 4) is 0 Å². The third-order valence-electron chi connectivity index (χ3n) is 1.48. The first-order valence-electron chi connectivity index (χ1n) is 3.35. The normalized spacial score (nSPS) is 9.58. The minimum absolute atomic E-state index is 0.312. The number of methoxy groups -OCH3 is 1. The predicted octanol–water partition coefficient (Wildman–Crippen LogP) is 1.78. The summed E-state index contributed by atoms with van der Waals surface area (Å²) < 4.78 is 5.39. The molecule has 0 atom stereocenters. The van der Waals surface area contributed by atoms with Crippen LogP contribution in [0.25, 0.3) is 0 Å². The monoisotopic (exact) mass is 277 g/mol. The van der Waals surface area contributed by atoms with Crippen LogP contribution in [0, 0.1) is 10.6 Å². The summed E-state index contributed by atoms with van der Waals surface area (Å²) in [5, 5.41) is 0. The van der Waals surface area contributed by atoms with Crippen molar-refractivity contribution in [2.24, 2.45) is 0 Å². The molecule has 0 amide bonds. The molecule has 1 rings (SSSR count). The number of aryl methyl sites for hydroxylation is 1. The van der Waals surface area contributed by atoms with Crippen LogP contribution >= 0.6 is 22.6 Å².